The monoisotopic (exact) mass is 1660 g/mol. The number of esters is 4. The van der Waals surface area contributed by atoms with E-state index in [9.17, 15) is 61.1 Å². The average molecular weight is 1660 g/mol. The summed E-state index contributed by atoms with van der Waals surface area (Å²) in [5.41, 5.74) is -1.93. The molecule has 3 aromatic heterocycles. The Bertz CT molecular complexity index is 4680. The number of benzene rings is 3. The van der Waals surface area contributed by atoms with Crippen molar-refractivity contribution in [1.29, 1.82) is 0 Å². The van der Waals surface area contributed by atoms with Crippen molar-refractivity contribution in [2.24, 2.45) is 0 Å². The molecule has 0 saturated carbocycles. The first-order valence-corrected chi connectivity index (χ1v) is 42.2. The lowest BCUT2D eigenvalue weighted by atomic mass is 10.1. The number of carbonyl (C=O) groups is 4. The lowest BCUT2D eigenvalue weighted by molar-refractivity contribution is -0.174. The fraction of sp³-hybridized carbons (Fsp3) is 0.500. The summed E-state index contributed by atoms with van der Waals surface area (Å²) >= 11 is 0. The number of carbonyl (C=O) groups excluding carboxylic acids is 4. The molecule has 3 unspecified atom stereocenters. The van der Waals surface area contributed by atoms with Crippen LogP contribution in [0.5, 0.6) is 17.2 Å². The Morgan fingerprint density at radius 1 is 0.509 bits per heavy atom. The van der Waals surface area contributed by atoms with Crippen LogP contribution in [0.15, 0.2) is 142 Å². The largest absolute Gasteiger partial charge is 0.464 e. The molecule has 4 N–H and O–H groups in total. The Hall–Kier alpha value is -8.37. The minimum Gasteiger partial charge on any atom is -0.464 e. The third-order valence-electron chi connectivity index (χ3n) is 18.1. The first kappa shape index (κ1) is 86.0. The van der Waals surface area contributed by atoms with Crippen LogP contribution >= 0.6 is 23.2 Å². The van der Waals surface area contributed by atoms with Crippen LogP contribution < -0.4 is 45.9 Å². The van der Waals surface area contributed by atoms with Crippen molar-refractivity contribution in [3.05, 3.63) is 176 Å². The number of alkyl halides is 6. The molecule has 610 valence electrons. The van der Waals surface area contributed by atoms with Gasteiger partial charge in [0.05, 0.1) is 39.6 Å². The number of hydrogen-bond donors (Lipinski definition) is 4. The van der Waals surface area contributed by atoms with Crippen molar-refractivity contribution in [2.45, 2.75) is 177 Å². The minimum atomic E-state index is -4.39. The molecule has 9 heterocycles. The zero-order valence-electron chi connectivity index (χ0n) is 61.5. The van der Waals surface area contributed by atoms with Crippen LogP contribution in [0.25, 0.3) is 0 Å². The van der Waals surface area contributed by atoms with E-state index in [2.05, 4.69) is 30.2 Å². The first-order valence-electron chi connectivity index (χ1n) is 34.7. The number of aliphatic hydroxyl groups excluding tert-OH is 1. The number of hydrogen-bond acceptors (Lipinski definition) is 28. The van der Waals surface area contributed by atoms with Gasteiger partial charge in [0, 0.05) is 61.9 Å². The molecule has 0 spiro atoms. The molecular formula is C68H82F6N9O25P3Si. The number of para-hydroxylation sites is 3. The van der Waals surface area contributed by atoms with Crippen molar-refractivity contribution in [3.8, 4) is 17.2 Å². The van der Waals surface area contributed by atoms with Crippen LogP contribution in [-0.4, -0.2) is 178 Å². The van der Waals surface area contributed by atoms with Crippen molar-refractivity contribution in [1.82, 2.24) is 43.9 Å². The van der Waals surface area contributed by atoms with E-state index in [0.29, 0.717) is 30.8 Å². The van der Waals surface area contributed by atoms with Gasteiger partial charge in [0.2, 0.25) is 18.7 Å². The van der Waals surface area contributed by atoms with Crippen LogP contribution in [0.2, 0.25) is 18.1 Å². The normalized spacial score (nSPS) is 26.7. The second-order valence-electron chi connectivity index (χ2n) is 27.7. The number of rotatable bonds is 27. The summed E-state index contributed by atoms with van der Waals surface area (Å²) in [4.78, 5) is 95.4. The molecule has 0 bridgehead atoms. The Morgan fingerprint density at radius 3 is 1.12 bits per heavy atom. The Labute approximate surface area is 636 Å². The van der Waals surface area contributed by atoms with E-state index in [1.165, 1.54) is 74.6 Å². The summed E-state index contributed by atoms with van der Waals surface area (Å²) in [5.74, 6) is -14.1. The number of aliphatic hydroxyl groups is 1. The summed E-state index contributed by atoms with van der Waals surface area (Å²) in [6.07, 6.45) is -13.8. The smallest absolute Gasteiger partial charge is 0.459 e. The predicted octanol–water partition coefficient (Wildman–Crippen LogP) is 8.26. The molecule has 44 heteroatoms. The van der Waals surface area contributed by atoms with E-state index in [4.69, 9.17) is 64.7 Å². The van der Waals surface area contributed by atoms with E-state index in [-0.39, 0.29) is 56.3 Å². The molecule has 6 fully saturated rings. The van der Waals surface area contributed by atoms with Gasteiger partial charge in [0.1, 0.15) is 59.8 Å². The molecule has 6 aliphatic rings. The van der Waals surface area contributed by atoms with E-state index in [0.717, 1.165) is 19.3 Å². The van der Waals surface area contributed by atoms with Gasteiger partial charge in [-0.1, -0.05) is 75.4 Å². The third-order valence-corrected chi connectivity index (χ3v) is 27.3. The fourth-order valence-corrected chi connectivity index (χ4v) is 17.3. The van der Waals surface area contributed by atoms with Gasteiger partial charge in [0.15, 0.2) is 20.5 Å². The highest BCUT2D eigenvalue weighted by Crippen LogP contribution is 2.54. The number of aromatic nitrogens is 6. The number of halogens is 6. The summed E-state index contributed by atoms with van der Waals surface area (Å²) in [5, 5.41) is 17.3. The van der Waals surface area contributed by atoms with Crippen LogP contribution in [0, 0.1) is 20.8 Å². The molecule has 34 nitrogen and oxygen atoms in total. The van der Waals surface area contributed by atoms with Crippen LogP contribution in [0.4, 0.5) is 26.3 Å². The number of cyclic esters (lactones) is 3. The van der Waals surface area contributed by atoms with Gasteiger partial charge in [-0.25, -0.2) is 28.1 Å². The molecule has 112 heavy (non-hydrogen) atoms. The average Bonchev–Trinajstić information content (AvgIpc) is 1.61. The lowest BCUT2D eigenvalue weighted by Gasteiger charge is -2.40. The summed E-state index contributed by atoms with van der Waals surface area (Å²) < 4.78 is 210. The second kappa shape index (κ2) is 35.2. The highest BCUT2D eigenvalue weighted by atomic mass is 31.2. The van der Waals surface area contributed by atoms with Crippen molar-refractivity contribution in [3.63, 3.8) is 0 Å². The highest BCUT2D eigenvalue weighted by molar-refractivity contribution is 7.52. The van der Waals surface area contributed by atoms with Gasteiger partial charge >= 0.3 is 82.0 Å². The maximum absolute atomic E-state index is 16.1. The number of nitrogens with one attached hydrogen (secondary N) is 3. The van der Waals surface area contributed by atoms with E-state index in [1.807, 2.05) is 33.9 Å². The summed E-state index contributed by atoms with van der Waals surface area (Å²) in [6, 6.07) is 24.8. The molecule has 15 atom stereocenters. The molecule has 6 aromatic rings. The van der Waals surface area contributed by atoms with Crippen molar-refractivity contribution >= 4 is 55.4 Å². The van der Waals surface area contributed by atoms with Crippen LogP contribution in [-0.2, 0) is 84.0 Å². The lowest BCUT2D eigenvalue weighted by Crippen LogP contribution is -2.52. The van der Waals surface area contributed by atoms with Gasteiger partial charge in [-0.2, -0.15) is 56.6 Å². The quantitative estimate of drug-likeness (QED) is 0.0124. The van der Waals surface area contributed by atoms with E-state index >= 15 is 17.6 Å². The van der Waals surface area contributed by atoms with Crippen LogP contribution in [0.1, 0.15) is 82.7 Å². The highest BCUT2D eigenvalue weighted by Gasteiger charge is 2.65. The zero-order valence-corrected chi connectivity index (χ0v) is 65.1. The maximum atomic E-state index is 16.1. The summed E-state index contributed by atoms with van der Waals surface area (Å²) in [6.45, 7) is 12.8. The molecular weight excluding hydrogens is 1580 g/mol. The van der Waals surface area contributed by atoms with Gasteiger partial charge < -0.3 is 56.3 Å². The standard InChI is InChI=1S/C26H36F2N3O8PSi.C22H24F2N3O9P.C20H22F2N3O8P/c1-17-12-14-31(24(33)29-17)23-26(27,28)21(39-41(5,6)25(2,3)4)20(37-23)16-36-40(34,30-19-13-15-35-22(19)32)38-18-10-8-7-9-11-18;1-13-8-10-27(21(30)25-13)20-22(23,24)18(34-14(2)28)17(35-20)12-33-37(31,26-16-9-11-32-19(16)29)36-15-6-4-3-5-7-15;1-12-7-9-25(19(28)23-12)18-20(21,22)16(26)15(32-18)11-31-34(29,24-14-8-10-30-17(14)27)33-13-5-3-2-4-6-13/h7-12,14,19-21,23H,13,15-16H2,1-6H3,(H,30,34);3-8,10,16-18,20H,9,11-12H2,1-2H3,(H,26,31);2-7,9,14-16,18,26H,8,10-11H2,1H3,(H,24,29)/t19-,20+,21+,23+,40?;16-,17+,18+,20+,37?;14-,15+,16+,18+,34?/m000/s1. The molecule has 6 aliphatic heterocycles. The number of nitrogens with zero attached hydrogens (tertiary/aromatic N) is 6. The molecule has 0 amide bonds. The molecule has 0 aliphatic carbocycles. The van der Waals surface area contributed by atoms with Crippen LogP contribution in [0.3, 0.4) is 0 Å². The Morgan fingerprint density at radius 2 is 0.812 bits per heavy atom. The van der Waals surface area contributed by atoms with E-state index < -0.39 is 189 Å². The van der Waals surface area contributed by atoms with Crippen molar-refractivity contribution in [2.75, 3.05) is 39.6 Å². The van der Waals surface area contributed by atoms with Gasteiger partial charge in [0.25, 0.3) is 0 Å². The SMILES string of the molecule is CC(=O)O[C@@H]1[C@@H](COP(=O)(N[C@H]2CCOC2=O)Oc2ccccc2)O[C@@H](n2ccc(C)nc2=O)C1(F)F.Cc1ccn([C@@H]2O[C@H](COP(=O)(N[C@H]3CCOC3=O)Oc3ccccc3)[C@@H](O)C2(F)F)c(=O)n1.Cc1ccn([C@@H]2O[C@H](COP(=O)(N[C@H]3CCOC3=O)Oc3ccccc3)[C@@H](O[Si](C)(C)C(C)(C)C)C2(F)F)c(=O)n1. The molecule has 6 saturated heterocycles. The third kappa shape index (κ3) is 20.8. The Kier molecular flexibility index (Phi) is 27.0. The van der Waals surface area contributed by atoms with Gasteiger partial charge in [-0.05, 0) is 93.5 Å². The fourth-order valence-electron chi connectivity index (χ4n) is 11.4. The van der Waals surface area contributed by atoms with Crippen molar-refractivity contribution < 1.29 is 129 Å². The topological polar surface area (TPSA) is 410 Å². The van der Waals surface area contributed by atoms with E-state index in [1.54, 1.807) is 61.5 Å². The Balaban J connectivity index is 0.000000179. The van der Waals surface area contributed by atoms with Gasteiger partial charge in [-0.3, -0.25) is 46.5 Å². The molecule has 0 radical (unpaired) electrons. The second-order valence-corrected chi connectivity index (χ2v) is 37.5. The first-order chi connectivity index (χ1) is 52.6. The molecule has 12 rings (SSSR count). The minimum absolute atomic E-state index is 0.0787. The number of aryl methyl sites for hydroxylation is 3. The summed E-state index contributed by atoms with van der Waals surface area (Å²) in [7, 11) is -15.9. The molecule has 3 aromatic carbocycles. The predicted molar refractivity (Wildman–Crippen MR) is 379 cm³/mol. The maximum Gasteiger partial charge on any atom is 0.459 e. The van der Waals surface area contributed by atoms with Gasteiger partial charge in [-0.15, -0.1) is 0 Å². The number of ether oxygens (including phenoxy) is 7. The zero-order chi connectivity index (χ0) is 81.5.